The van der Waals surface area contributed by atoms with E-state index in [2.05, 4.69) is 51.9 Å². The number of nitrogens with one attached hydrogen (secondary N) is 1. The summed E-state index contributed by atoms with van der Waals surface area (Å²) in [4.78, 5) is 32.7. The van der Waals surface area contributed by atoms with Crippen LogP contribution in [0.3, 0.4) is 0 Å². The van der Waals surface area contributed by atoms with Gasteiger partial charge in [0.15, 0.2) is 11.5 Å². The van der Waals surface area contributed by atoms with Gasteiger partial charge in [-0.3, -0.25) is 4.79 Å². The van der Waals surface area contributed by atoms with E-state index in [1.807, 2.05) is 41.2 Å². The van der Waals surface area contributed by atoms with E-state index < -0.39 is 0 Å². The van der Waals surface area contributed by atoms with E-state index >= 15 is 0 Å². The van der Waals surface area contributed by atoms with Gasteiger partial charge in [0.1, 0.15) is 34.0 Å². The summed E-state index contributed by atoms with van der Waals surface area (Å²) in [7, 11) is 2.16. The number of piperazine rings is 1. The van der Waals surface area contributed by atoms with Gasteiger partial charge in [0, 0.05) is 43.8 Å². The van der Waals surface area contributed by atoms with Crippen LogP contribution >= 0.6 is 23.0 Å². The molecule has 10 nitrogen and oxygen atoms in total. The maximum absolute atomic E-state index is 13.5. The fourth-order valence-electron chi connectivity index (χ4n) is 6.25. The molecule has 11 heteroatoms. The van der Waals surface area contributed by atoms with Gasteiger partial charge in [-0.1, -0.05) is 12.1 Å². The van der Waals surface area contributed by atoms with Crippen molar-refractivity contribution in [1.82, 2.24) is 29.2 Å². The minimum Gasteiger partial charge on any atom is -0.369 e. The number of anilines is 3. The molecule has 7 rings (SSSR count). The highest BCUT2D eigenvalue weighted by Gasteiger charge is 2.52. The number of benzene rings is 1. The fourth-order valence-corrected chi connectivity index (χ4v) is 7.03. The number of hydrogen-bond acceptors (Lipinski definition) is 8. The molecule has 2 aliphatic carbocycles. The zero-order valence-electron chi connectivity index (χ0n) is 23.1. The lowest BCUT2D eigenvalue weighted by atomic mass is 9.95. The van der Waals surface area contributed by atoms with Crippen LogP contribution in [0.25, 0.3) is 16.9 Å². The molecule has 3 aliphatic rings. The Morgan fingerprint density at radius 1 is 1.12 bits per heavy atom. The van der Waals surface area contributed by atoms with Crippen LogP contribution in [0.4, 0.5) is 17.3 Å². The summed E-state index contributed by atoms with van der Waals surface area (Å²) in [5.41, 5.74) is 4.24. The van der Waals surface area contributed by atoms with Gasteiger partial charge < -0.3 is 18.2 Å². The molecule has 4 aromatic rings. The minimum atomic E-state index is -0.365. The number of aryl methyl sites for hydroxylation is 1. The van der Waals surface area contributed by atoms with Gasteiger partial charge in [0.25, 0.3) is 5.56 Å². The Morgan fingerprint density at radius 3 is 2.61 bits per heavy atom. The number of rotatable bonds is 8. The molecule has 1 saturated carbocycles. The Morgan fingerprint density at radius 2 is 1.90 bits per heavy atom. The molecule has 41 heavy (non-hydrogen) atoms. The third-order valence-corrected chi connectivity index (χ3v) is 9.48. The summed E-state index contributed by atoms with van der Waals surface area (Å²) in [5, 5.41) is 3.76. The number of fused-ring (bicyclic) bond motifs is 2. The fraction of sp³-hybridized carbons (Fsp3) is 0.400. The predicted molar refractivity (Wildman–Crippen MR) is 168 cm³/mol. The molecule has 0 spiro atoms. The monoisotopic (exact) mass is 664 g/mol. The normalized spacial score (nSPS) is 20.9. The molecule has 1 aromatic carbocycles. The molecule has 0 bridgehead atoms. The second kappa shape index (κ2) is 10.5. The van der Waals surface area contributed by atoms with Gasteiger partial charge >= 0.3 is 0 Å². The van der Waals surface area contributed by atoms with Gasteiger partial charge in [-0.05, 0) is 74.5 Å². The largest absolute Gasteiger partial charge is 0.369 e. The molecule has 2 fully saturated rings. The number of pyridine rings is 1. The lowest BCUT2D eigenvalue weighted by Gasteiger charge is -2.34. The van der Waals surface area contributed by atoms with Crippen molar-refractivity contribution < 1.29 is 3.07 Å². The Hall–Kier alpha value is -3.29. The van der Waals surface area contributed by atoms with Crippen LogP contribution in [-0.4, -0.2) is 62.4 Å². The minimum absolute atomic E-state index is 0.177. The van der Waals surface area contributed by atoms with Gasteiger partial charge in [0.05, 0.1) is 12.2 Å². The molecule has 1 N–H and O–H groups in total. The molecule has 3 aromatic heterocycles. The molecule has 1 atom stereocenters. The highest BCUT2D eigenvalue weighted by molar-refractivity contribution is 14.1. The second-order valence-corrected chi connectivity index (χ2v) is 11.7. The van der Waals surface area contributed by atoms with E-state index in [0.717, 1.165) is 63.2 Å². The number of allylic oxidation sites excluding steroid dienone is 1. The molecule has 212 valence electrons. The quantitative estimate of drug-likeness (QED) is 0.216. The zero-order valence-corrected chi connectivity index (χ0v) is 25.2. The Bertz CT molecular complexity index is 1670. The van der Waals surface area contributed by atoms with E-state index in [0.29, 0.717) is 35.3 Å². The zero-order chi connectivity index (χ0) is 28.1. The van der Waals surface area contributed by atoms with Crippen molar-refractivity contribution in [2.45, 2.75) is 37.8 Å². The van der Waals surface area contributed by atoms with Crippen LogP contribution in [-0.2, 0) is 21.6 Å². The molecule has 1 saturated heterocycles. The van der Waals surface area contributed by atoms with E-state index in [-0.39, 0.29) is 11.2 Å². The summed E-state index contributed by atoms with van der Waals surface area (Å²) in [6, 6.07) is 12.4. The second-order valence-electron chi connectivity index (χ2n) is 11.3. The van der Waals surface area contributed by atoms with Crippen molar-refractivity contribution in [2.75, 3.05) is 43.4 Å². The van der Waals surface area contributed by atoms with E-state index in [4.69, 9.17) is 13.0 Å². The molecule has 4 heterocycles. The maximum atomic E-state index is 13.5. The third-order valence-electron chi connectivity index (χ3n) is 8.69. The summed E-state index contributed by atoms with van der Waals surface area (Å²) in [6.07, 6.45) is 7.49. The summed E-state index contributed by atoms with van der Waals surface area (Å²) < 4.78 is 9.54. The maximum Gasteiger partial charge on any atom is 0.278 e. The van der Waals surface area contributed by atoms with Crippen molar-refractivity contribution in [3.8, 4) is 5.82 Å². The van der Waals surface area contributed by atoms with Crippen LogP contribution in [0.1, 0.15) is 30.5 Å². The number of aromatic nitrogens is 5. The van der Waals surface area contributed by atoms with Crippen molar-refractivity contribution >= 4 is 51.4 Å². The summed E-state index contributed by atoms with van der Waals surface area (Å²) in [6.45, 7) is 8.36. The lowest BCUT2D eigenvalue weighted by Crippen LogP contribution is -2.44. The summed E-state index contributed by atoms with van der Waals surface area (Å²) >= 11 is 2.04. The number of halogens is 1. The smallest absolute Gasteiger partial charge is 0.278 e. The Balaban J connectivity index is 1.25. The van der Waals surface area contributed by atoms with E-state index in [9.17, 15) is 4.79 Å². The van der Waals surface area contributed by atoms with Crippen molar-refractivity contribution in [3.05, 3.63) is 76.9 Å². The van der Waals surface area contributed by atoms with Crippen molar-refractivity contribution in [1.29, 1.82) is 0 Å². The van der Waals surface area contributed by atoms with Crippen LogP contribution in [0.2, 0.25) is 0 Å². The standard InChI is InChI=1S/C30H33IN8O2/c1-3-14-38-28(40)24-19-32-29(33-22-7-9-23(10-8-22)37-17-15-36(2)16-18-37)35-27(24)39(38)25-11-4-20-12-13-30(41-31,21-5-6-21)26(20)34-25/h3-4,7-11,19,21H,1,5-6,12-18H2,2H3,(H,32,33,35)/t30-/m1/s1. The first-order valence-electron chi connectivity index (χ1n) is 14.2. The van der Waals surface area contributed by atoms with Crippen LogP contribution < -0.4 is 15.8 Å². The molecule has 1 aliphatic heterocycles. The average Bonchev–Trinajstić information content (AvgIpc) is 3.73. The van der Waals surface area contributed by atoms with E-state index in [1.54, 1.807) is 21.6 Å². The summed E-state index contributed by atoms with van der Waals surface area (Å²) in [5.74, 6) is 1.54. The number of hydrogen-bond donors (Lipinski definition) is 1. The first-order chi connectivity index (χ1) is 20.0. The highest BCUT2D eigenvalue weighted by atomic mass is 127. The Kier molecular flexibility index (Phi) is 6.82. The molecular formula is C30H33IN8O2. The SMILES string of the molecule is C=CCn1c(=O)c2cnc(Nc3ccc(N4CCN(C)CC4)cc3)nc2n1-c1ccc2c(n1)[C@](OI)(C1CC1)CC2. The van der Waals surface area contributed by atoms with Gasteiger partial charge in [-0.25, -0.2) is 19.3 Å². The topological polar surface area (TPSA) is 93.3 Å². The van der Waals surface area contributed by atoms with Gasteiger partial charge in [-0.15, -0.1) is 6.58 Å². The predicted octanol–water partition coefficient (Wildman–Crippen LogP) is 4.58. The van der Waals surface area contributed by atoms with Gasteiger partial charge in [0.2, 0.25) is 5.95 Å². The number of likely N-dealkylation sites (N-methyl/N-ethyl adjacent to an activating group) is 1. The van der Waals surface area contributed by atoms with Gasteiger partial charge in [-0.2, -0.15) is 4.98 Å². The van der Waals surface area contributed by atoms with Crippen LogP contribution in [0, 0.1) is 5.92 Å². The number of nitrogens with zero attached hydrogens (tertiary/aromatic N) is 7. The van der Waals surface area contributed by atoms with E-state index in [1.165, 1.54) is 11.3 Å². The Labute approximate surface area is 252 Å². The van der Waals surface area contributed by atoms with Crippen LogP contribution in [0.5, 0.6) is 0 Å². The lowest BCUT2D eigenvalue weighted by molar-refractivity contribution is 0.0928. The molecule has 0 radical (unpaired) electrons. The highest BCUT2D eigenvalue weighted by Crippen LogP contribution is 2.55. The average molecular weight is 665 g/mol. The van der Waals surface area contributed by atoms with Crippen molar-refractivity contribution in [2.24, 2.45) is 5.92 Å². The third kappa shape index (κ3) is 4.63. The van der Waals surface area contributed by atoms with Crippen molar-refractivity contribution in [3.63, 3.8) is 0 Å². The molecular weight excluding hydrogens is 631 g/mol. The molecule has 0 amide bonds. The first kappa shape index (κ1) is 26.6. The first-order valence-corrected chi connectivity index (χ1v) is 15.1. The van der Waals surface area contributed by atoms with Crippen LogP contribution in [0.15, 0.2) is 60.0 Å². The molecule has 0 unspecified atom stereocenters.